The molecule has 0 bridgehead atoms. The molecule has 5 N–H and O–H groups in total. The van der Waals surface area contributed by atoms with E-state index in [-0.39, 0.29) is 18.8 Å². The van der Waals surface area contributed by atoms with Crippen LogP contribution in [0.15, 0.2) is 36.5 Å². The van der Waals surface area contributed by atoms with Crippen molar-refractivity contribution in [2.45, 2.75) is 12.5 Å². The average molecular weight is 524 g/mol. The smallest absolute Gasteiger partial charge is 0.309 e. The molecule has 3 aromatic rings. The van der Waals surface area contributed by atoms with Crippen LogP contribution >= 0.6 is 11.5 Å². The number of quaternary nitrogens is 1. The van der Waals surface area contributed by atoms with Gasteiger partial charge in [-0.25, -0.2) is 0 Å². The lowest BCUT2D eigenvalue weighted by Crippen LogP contribution is -3.00. The van der Waals surface area contributed by atoms with Gasteiger partial charge in [-0.1, -0.05) is 6.07 Å². The number of hydrogen-bond donors (Lipinski definition) is 3. The number of anilines is 1. The maximum atomic E-state index is 12.5. The molecule has 0 unspecified atom stereocenters. The van der Waals surface area contributed by atoms with Crippen molar-refractivity contribution in [2.24, 2.45) is 0 Å². The van der Waals surface area contributed by atoms with E-state index in [9.17, 15) is 9.59 Å². The number of carboxylic acid groups (broad SMARTS) is 1. The van der Waals surface area contributed by atoms with E-state index in [1.165, 1.54) is 25.8 Å². The number of carbonyl (C=O) groups is 2. The maximum Gasteiger partial charge on any atom is 0.309 e. The van der Waals surface area contributed by atoms with Crippen LogP contribution in [0.3, 0.4) is 0 Å². The molecule has 2 aromatic carbocycles. The van der Waals surface area contributed by atoms with E-state index in [1.807, 2.05) is 18.2 Å². The lowest BCUT2D eigenvalue weighted by atomic mass is 10.0. The molecule has 1 heterocycles. The van der Waals surface area contributed by atoms with Gasteiger partial charge in [-0.2, -0.15) is 4.37 Å². The number of methoxy groups -OCH3 is 4. The van der Waals surface area contributed by atoms with Gasteiger partial charge >= 0.3 is 5.97 Å². The fourth-order valence-corrected chi connectivity index (χ4v) is 4.13. The highest BCUT2D eigenvalue weighted by Crippen LogP contribution is 2.45. The van der Waals surface area contributed by atoms with Crippen LogP contribution in [0, 0.1) is 0 Å². The number of rotatable bonds is 10. The summed E-state index contributed by atoms with van der Waals surface area (Å²) in [4.78, 5) is 24.2. The summed E-state index contributed by atoms with van der Waals surface area (Å²) in [6.45, 7) is 0. The minimum Gasteiger partial charge on any atom is -1.00 e. The minimum atomic E-state index is -1.10. The standard InChI is InChI=1S/C23H25N3O7S.ClH/c1-30-17-6-5-12(7-16(17)26-23(29)15(24)10-20(27)28)14-11-25-34-22(14)13-8-18(31-2)21(33-4)19(9-13)32-3;/h5-9,11,15H,10,24H2,1-4H3,(H,26,29)(H,27,28);1H/t15-;/m1./s1. The monoisotopic (exact) mass is 523 g/mol. The van der Waals surface area contributed by atoms with Gasteiger partial charge in [-0.3, -0.25) is 9.59 Å². The highest BCUT2D eigenvalue weighted by Gasteiger charge is 2.23. The first-order chi connectivity index (χ1) is 16.3. The second-order valence-electron chi connectivity index (χ2n) is 7.18. The number of carboxylic acids is 1. The van der Waals surface area contributed by atoms with E-state index in [0.29, 0.717) is 28.7 Å². The van der Waals surface area contributed by atoms with Crippen molar-refractivity contribution in [2.75, 3.05) is 33.8 Å². The molecule has 0 saturated heterocycles. The third kappa shape index (κ3) is 6.13. The van der Waals surface area contributed by atoms with Crippen LogP contribution in [-0.2, 0) is 9.59 Å². The van der Waals surface area contributed by atoms with Crippen LogP contribution < -0.4 is 42.4 Å². The Kier molecular flexibility index (Phi) is 9.69. The molecule has 0 saturated carbocycles. The fourth-order valence-electron chi connectivity index (χ4n) is 3.38. The summed E-state index contributed by atoms with van der Waals surface area (Å²) in [5, 5.41) is 11.7. The molecule has 0 aliphatic rings. The molecular weight excluding hydrogens is 498 g/mol. The summed E-state index contributed by atoms with van der Waals surface area (Å²) in [6.07, 6.45) is 1.35. The van der Waals surface area contributed by atoms with Gasteiger partial charge in [-0.05, 0) is 41.4 Å². The number of ether oxygens (including phenoxy) is 4. The van der Waals surface area contributed by atoms with Gasteiger partial charge in [0.05, 0.1) is 39.0 Å². The quantitative estimate of drug-likeness (QED) is 0.324. The number of hydrogen-bond acceptors (Lipinski definition) is 8. The molecule has 0 fully saturated rings. The summed E-state index contributed by atoms with van der Waals surface area (Å²) in [7, 11) is 6.12. The highest BCUT2D eigenvalue weighted by atomic mass is 35.5. The van der Waals surface area contributed by atoms with Crippen molar-refractivity contribution in [3.63, 3.8) is 0 Å². The van der Waals surface area contributed by atoms with Crippen molar-refractivity contribution < 1.29 is 51.8 Å². The number of benzene rings is 2. The van der Waals surface area contributed by atoms with Crippen LogP contribution in [0.1, 0.15) is 6.42 Å². The van der Waals surface area contributed by atoms with Gasteiger partial charge in [0.2, 0.25) is 5.75 Å². The molecule has 0 aliphatic heterocycles. The van der Waals surface area contributed by atoms with Crippen LogP contribution in [0.2, 0.25) is 0 Å². The van der Waals surface area contributed by atoms with E-state index >= 15 is 0 Å². The molecule has 0 radical (unpaired) electrons. The first-order valence-electron chi connectivity index (χ1n) is 10.1. The van der Waals surface area contributed by atoms with Crippen LogP contribution in [0.25, 0.3) is 21.6 Å². The molecule has 1 aromatic heterocycles. The van der Waals surface area contributed by atoms with Crippen LogP contribution in [0.4, 0.5) is 5.69 Å². The Bertz CT molecular complexity index is 1180. The zero-order valence-electron chi connectivity index (χ0n) is 19.6. The predicted molar refractivity (Wildman–Crippen MR) is 127 cm³/mol. The summed E-state index contributed by atoms with van der Waals surface area (Å²) in [5.74, 6) is 0.314. The molecule has 1 atom stereocenters. The Balaban J connectivity index is 0.00000432. The molecule has 12 heteroatoms. The van der Waals surface area contributed by atoms with Crippen LogP contribution in [-0.4, -0.2) is 55.8 Å². The Labute approximate surface area is 212 Å². The molecule has 35 heavy (non-hydrogen) atoms. The molecule has 3 rings (SSSR count). The first kappa shape index (κ1) is 27.7. The summed E-state index contributed by atoms with van der Waals surface area (Å²) in [6, 6.07) is 8.03. The Morgan fingerprint density at radius 3 is 2.17 bits per heavy atom. The number of aromatic nitrogens is 1. The van der Waals surface area contributed by atoms with Gasteiger partial charge in [0.1, 0.15) is 12.2 Å². The molecular formula is C23H26ClN3O7S. The van der Waals surface area contributed by atoms with Gasteiger partial charge in [0.15, 0.2) is 17.5 Å². The van der Waals surface area contributed by atoms with Gasteiger partial charge in [-0.15, -0.1) is 0 Å². The first-order valence-corrected chi connectivity index (χ1v) is 10.9. The SMILES string of the molecule is COc1ccc(-c2cnsc2-c2cc(OC)c(OC)c(OC)c2)cc1NC(=O)[C@H]([NH3+])CC(=O)O.[Cl-]. The van der Waals surface area contributed by atoms with Crippen molar-refractivity contribution in [1.82, 2.24) is 4.37 Å². The predicted octanol–water partition coefficient (Wildman–Crippen LogP) is -0.461. The normalized spacial score (nSPS) is 11.1. The molecule has 0 spiro atoms. The number of nitrogens with zero attached hydrogens (tertiary/aromatic N) is 1. The number of aliphatic carboxylic acids is 1. The van der Waals surface area contributed by atoms with Crippen LogP contribution in [0.5, 0.6) is 23.0 Å². The molecule has 1 amide bonds. The summed E-state index contributed by atoms with van der Waals surface area (Å²) in [5.41, 5.74) is 6.42. The maximum absolute atomic E-state index is 12.5. The van der Waals surface area contributed by atoms with E-state index in [1.54, 1.807) is 32.5 Å². The van der Waals surface area contributed by atoms with Gasteiger partial charge in [0.25, 0.3) is 5.91 Å². The second kappa shape index (κ2) is 12.2. The molecule has 0 aliphatic carbocycles. The summed E-state index contributed by atoms with van der Waals surface area (Å²) >= 11 is 1.29. The number of halogens is 1. The fraction of sp³-hybridized carbons (Fsp3) is 0.261. The summed E-state index contributed by atoms with van der Waals surface area (Å²) < 4.78 is 26.1. The minimum absolute atomic E-state index is 0. The van der Waals surface area contributed by atoms with Crippen molar-refractivity contribution in [1.29, 1.82) is 0 Å². The van der Waals surface area contributed by atoms with E-state index < -0.39 is 17.9 Å². The zero-order valence-corrected chi connectivity index (χ0v) is 21.2. The van der Waals surface area contributed by atoms with E-state index in [4.69, 9.17) is 24.1 Å². The Hall–Kier alpha value is -3.54. The Morgan fingerprint density at radius 1 is 1.00 bits per heavy atom. The largest absolute Gasteiger partial charge is 1.00 e. The van der Waals surface area contributed by atoms with Crippen molar-refractivity contribution in [3.8, 4) is 44.6 Å². The second-order valence-corrected chi connectivity index (χ2v) is 7.98. The highest BCUT2D eigenvalue weighted by molar-refractivity contribution is 7.10. The van der Waals surface area contributed by atoms with Crippen molar-refractivity contribution >= 4 is 29.1 Å². The average Bonchev–Trinajstić information content (AvgIpc) is 3.32. The van der Waals surface area contributed by atoms with Gasteiger partial charge < -0.3 is 47.5 Å². The zero-order chi connectivity index (χ0) is 24.8. The number of amides is 1. The van der Waals surface area contributed by atoms with E-state index in [0.717, 1.165) is 21.6 Å². The van der Waals surface area contributed by atoms with Crippen molar-refractivity contribution in [3.05, 3.63) is 36.5 Å². The third-order valence-electron chi connectivity index (χ3n) is 5.06. The lowest BCUT2D eigenvalue weighted by Gasteiger charge is -2.15. The topological polar surface area (TPSA) is 144 Å². The molecule has 10 nitrogen and oxygen atoms in total. The number of nitrogens with one attached hydrogen (secondary N) is 1. The lowest BCUT2D eigenvalue weighted by molar-refractivity contribution is -0.401. The number of carbonyl (C=O) groups excluding carboxylic acids is 1. The van der Waals surface area contributed by atoms with E-state index in [2.05, 4.69) is 15.4 Å². The molecule has 188 valence electrons. The van der Waals surface area contributed by atoms with Gasteiger partial charge in [0, 0.05) is 17.3 Å². The third-order valence-corrected chi connectivity index (χ3v) is 5.91. The Morgan fingerprint density at radius 2 is 1.63 bits per heavy atom.